The van der Waals surface area contributed by atoms with Crippen molar-refractivity contribution in [3.8, 4) is 11.8 Å². The van der Waals surface area contributed by atoms with Crippen molar-refractivity contribution in [2.45, 2.75) is 26.2 Å². The van der Waals surface area contributed by atoms with Crippen LogP contribution in [0.5, 0.6) is 0 Å². The smallest absolute Gasteiger partial charge is 0.259 e. The third-order valence-electron chi connectivity index (χ3n) is 7.45. The molecule has 5 rings (SSSR count). The number of rotatable bonds is 2. The summed E-state index contributed by atoms with van der Waals surface area (Å²) in [6.45, 7) is 3.52. The molecule has 2 amide bonds. The van der Waals surface area contributed by atoms with Crippen LogP contribution in [0.4, 0.5) is 8.78 Å². The molecule has 0 bridgehead atoms. The van der Waals surface area contributed by atoms with Crippen LogP contribution in [0, 0.1) is 35.8 Å². The van der Waals surface area contributed by atoms with Gasteiger partial charge in [0.2, 0.25) is 0 Å². The van der Waals surface area contributed by atoms with E-state index in [4.69, 9.17) is 0 Å². The maximum Gasteiger partial charge on any atom is 0.259 e. The Labute approximate surface area is 215 Å². The summed E-state index contributed by atoms with van der Waals surface area (Å²) in [4.78, 5) is 33.7. The Hall–Kier alpha value is -4.05. The summed E-state index contributed by atoms with van der Waals surface area (Å²) in [6, 6.07) is 13.9. The summed E-state index contributed by atoms with van der Waals surface area (Å²) in [5, 5.41) is 0. The van der Waals surface area contributed by atoms with Gasteiger partial charge in [0, 0.05) is 49.7 Å². The molecule has 2 fully saturated rings. The molecule has 2 aliphatic heterocycles. The Kier molecular flexibility index (Phi) is 6.75. The van der Waals surface area contributed by atoms with Gasteiger partial charge in [0.1, 0.15) is 17.2 Å². The number of likely N-dealkylation sites (tertiary alicyclic amines) is 2. The van der Waals surface area contributed by atoms with Crippen LogP contribution >= 0.6 is 0 Å². The van der Waals surface area contributed by atoms with Gasteiger partial charge >= 0.3 is 0 Å². The molecular weight excluding hydrogens is 472 g/mol. The Bertz CT molecular complexity index is 1400. The van der Waals surface area contributed by atoms with E-state index in [1.807, 2.05) is 35.2 Å². The minimum atomic E-state index is -0.838. The SMILES string of the molecule is Cc1ccc(F)c(C(=O)N2CCC3(CCN(C(=O)c4cncc(C#Cc5ccccc5)c4)C3)CC2)c1F. The number of amides is 2. The lowest BCUT2D eigenvalue weighted by Gasteiger charge is -2.39. The van der Waals surface area contributed by atoms with Gasteiger partial charge in [0.25, 0.3) is 11.8 Å². The van der Waals surface area contributed by atoms with E-state index in [1.165, 1.54) is 17.9 Å². The largest absolute Gasteiger partial charge is 0.338 e. The average Bonchev–Trinajstić information content (AvgIpc) is 3.33. The summed E-state index contributed by atoms with van der Waals surface area (Å²) in [5.41, 5.74) is 1.71. The van der Waals surface area contributed by atoms with Gasteiger partial charge in [-0.2, -0.15) is 0 Å². The number of halogens is 2. The van der Waals surface area contributed by atoms with Crippen molar-refractivity contribution in [1.82, 2.24) is 14.8 Å². The number of carbonyl (C=O) groups is 2. The normalized spacial score (nSPS) is 16.4. The minimum absolute atomic E-state index is 0.0878. The molecule has 1 aromatic heterocycles. The molecule has 5 nitrogen and oxygen atoms in total. The zero-order valence-electron chi connectivity index (χ0n) is 20.6. The van der Waals surface area contributed by atoms with Crippen molar-refractivity contribution >= 4 is 11.8 Å². The predicted molar refractivity (Wildman–Crippen MR) is 136 cm³/mol. The molecule has 0 unspecified atom stereocenters. The van der Waals surface area contributed by atoms with Crippen LogP contribution in [-0.4, -0.2) is 52.8 Å². The number of carbonyl (C=O) groups excluding carboxylic acids is 2. The van der Waals surface area contributed by atoms with Gasteiger partial charge in [-0.3, -0.25) is 14.6 Å². The van der Waals surface area contributed by atoms with E-state index in [0.29, 0.717) is 50.1 Å². The molecule has 0 aliphatic carbocycles. The topological polar surface area (TPSA) is 53.5 Å². The molecule has 2 aliphatic rings. The first-order chi connectivity index (χ1) is 17.8. The monoisotopic (exact) mass is 499 g/mol. The molecule has 2 saturated heterocycles. The Balaban J connectivity index is 1.23. The first kappa shape index (κ1) is 24.6. The van der Waals surface area contributed by atoms with E-state index in [0.717, 1.165) is 18.1 Å². The standard InChI is InChI=1S/C30H27F2N3O2/c1-21-7-10-25(31)26(27(21)32)29(37)34-14-11-30(12-15-34)13-16-35(20-30)28(36)24-17-23(18-33-19-24)9-8-22-5-3-2-4-6-22/h2-7,10,17-19H,11-16,20H2,1H3. The van der Waals surface area contributed by atoms with Crippen molar-refractivity contribution in [3.63, 3.8) is 0 Å². The first-order valence-corrected chi connectivity index (χ1v) is 12.4. The second-order valence-corrected chi connectivity index (χ2v) is 9.90. The van der Waals surface area contributed by atoms with Gasteiger partial charge in [-0.25, -0.2) is 8.78 Å². The maximum atomic E-state index is 14.5. The quantitative estimate of drug-likeness (QED) is 0.475. The fourth-order valence-corrected chi connectivity index (χ4v) is 5.19. The van der Waals surface area contributed by atoms with Gasteiger partial charge in [-0.05, 0) is 61.4 Å². The maximum absolute atomic E-state index is 14.5. The van der Waals surface area contributed by atoms with E-state index < -0.39 is 23.1 Å². The van der Waals surface area contributed by atoms with Crippen LogP contribution in [0.15, 0.2) is 60.9 Å². The zero-order chi connectivity index (χ0) is 26.0. The Morgan fingerprint density at radius 3 is 2.27 bits per heavy atom. The summed E-state index contributed by atoms with van der Waals surface area (Å²) < 4.78 is 28.7. The summed E-state index contributed by atoms with van der Waals surface area (Å²) in [6.07, 6.45) is 5.39. The molecule has 0 radical (unpaired) electrons. The molecule has 0 N–H and O–H groups in total. The van der Waals surface area contributed by atoms with E-state index >= 15 is 0 Å². The lowest BCUT2D eigenvalue weighted by molar-refractivity contribution is 0.0557. The Morgan fingerprint density at radius 1 is 0.865 bits per heavy atom. The summed E-state index contributed by atoms with van der Waals surface area (Å²) in [5.74, 6) is 3.82. The lowest BCUT2D eigenvalue weighted by atomic mass is 9.77. The number of benzene rings is 2. The molecule has 0 atom stereocenters. The average molecular weight is 500 g/mol. The van der Waals surface area contributed by atoms with E-state index in [2.05, 4.69) is 16.8 Å². The van der Waals surface area contributed by atoms with Crippen LogP contribution in [0.1, 0.15) is 56.7 Å². The molecule has 37 heavy (non-hydrogen) atoms. The molecule has 188 valence electrons. The van der Waals surface area contributed by atoms with Crippen molar-refractivity contribution < 1.29 is 18.4 Å². The van der Waals surface area contributed by atoms with Gasteiger partial charge < -0.3 is 9.80 Å². The van der Waals surface area contributed by atoms with Crippen molar-refractivity contribution in [2.24, 2.45) is 5.41 Å². The van der Waals surface area contributed by atoms with Crippen LogP contribution < -0.4 is 0 Å². The highest BCUT2D eigenvalue weighted by molar-refractivity contribution is 5.95. The molecule has 1 spiro atoms. The van der Waals surface area contributed by atoms with Crippen molar-refractivity contribution in [3.05, 3.63) is 100 Å². The number of piperidine rings is 1. The molecular formula is C30H27F2N3O2. The third kappa shape index (κ3) is 5.10. The van der Waals surface area contributed by atoms with Gasteiger partial charge in [-0.1, -0.05) is 36.1 Å². The number of aromatic nitrogens is 1. The number of pyridine rings is 1. The predicted octanol–water partition coefficient (Wildman–Crippen LogP) is 4.84. The number of hydrogen-bond acceptors (Lipinski definition) is 3. The fourth-order valence-electron chi connectivity index (χ4n) is 5.19. The van der Waals surface area contributed by atoms with Crippen LogP contribution in [0.25, 0.3) is 0 Å². The third-order valence-corrected chi connectivity index (χ3v) is 7.45. The summed E-state index contributed by atoms with van der Waals surface area (Å²) >= 11 is 0. The molecule has 3 heterocycles. The number of nitrogens with zero attached hydrogens (tertiary/aromatic N) is 3. The highest BCUT2D eigenvalue weighted by atomic mass is 19.1. The van der Waals surface area contributed by atoms with Gasteiger partial charge in [0.05, 0.1) is 5.56 Å². The highest BCUT2D eigenvalue weighted by Gasteiger charge is 2.43. The van der Waals surface area contributed by atoms with Crippen LogP contribution in [0.2, 0.25) is 0 Å². The fraction of sp³-hybridized carbons (Fsp3) is 0.300. The van der Waals surface area contributed by atoms with E-state index in [9.17, 15) is 18.4 Å². The number of aryl methyl sites for hydroxylation is 1. The van der Waals surface area contributed by atoms with Crippen LogP contribution in [0.3, 0.4) is 0 Å². The second-order valence-electron chi connectivity index (χ2n) is 9.90. The zero-order valence-corrected chi connectivity index (χ0v) is 20.6. The van der Waals surface area contributed by atoms with Crippen molar-refractivity contribution in [1.29, 1.82) is 0 Å². The van der Waals surface area contributed by atoms with Crippen LogP contribution in [-0.2, 0) is 0 Å². The Morgan fingerprint density at radius 2 is 1.54 bits per heavy atom. The first-order valence-electron chi connectivity index (χ1n) is 12.4. The van der Waals surface area contributed by atoms with Crippen molar-refractivity contribution in [2.75, 3.05) is 26.2 Å². The van der Waals surface area contributed by atoms with E-state index in [1.54, 1.807) is 18.5 Å². The summed E-state index contributed by atoms with van der Waals surface area (Å²) in [7, 11) is 0. The van der Waals surface area contributed by atoms with Gasteiger partial charge in [0.15, 0.2) is 0 Å². The van der Waals surface area contributed by atoms with Gasteiger partial charge in [-0.15, -0.1) is 0 Å². The molecule has 3 aromatic rings. The molecule has 2 aromatic carbocycles. The van der Waals surface area contributed by atoms with E-state index in [-0.39, 0.29) is 16.9 Å². The second kappa shape index (κ2) is 10.1. The number of hydrogen-bond donors (Lipinski definition) is 0. The molecule has 0 saturated carbocycles. The lowest BCUT2D eigenvalue weighted by Crippen LogP contribution is -2.45. The highest BCUT2D eigenvalue weighted by Crippen LogP contribution is 2.41. The minimum Gasteiger partial charge on any atom is -0.338 e. The molecule has 7 heteroatoms.